The number of fused-ring (bicyclic) bond motifs is 1. The molecule has 1 aromatic heterocycles. The van der Waals surface area contributed by atoms with Gasteiger partial charge in [-0.3, -0.25) is 9.59 Å². The molecule has 0 aliphatic carbocycles. The van der Waals surface area contributed by atoms with Gasteiger partial charge in [-0.2, -0.15) is 0 Å². The molecule has 0 spiro atoms. The monoisotopic (exact) mass is 346 g/mol. The summed E-state index contributed by atoms with van der Waals surface area (Å²) in [6.45, 7) is 1.39. The van der Waals surface area contributed by atoms with Crippen LogP contribution in [0.3, 0.4) is 0 Å². The quantitative estimate of drug-likeness (QED) is 0.677. The van der Waals surface area contributed by atoms with Crippen molar-refractivity contribution in [3.05, 3.63) is 63.8 Å². The van der Waals surface area contributed by atoms with Crippen LogP contribution in [0.4, 0.5) is 5.69 Å². The molecule has 0 aliphatic rings. The number of benzene rings is 2. The fraction of sp³-hybridized carbons (Fsp3) is 0.0588. The van der Waals surface area contributed by atoms with E-state index in [9.17, 15) is 9.59 Å². The van der Waals surface area contributed by atoms with E-state index in [1.54, 1.807) is 42.5 Å². The molecule has 0 bridgehead atoms. The zero-order valence-corrected chi connectivity index (χ0v) is 13.6. The first-order valence-electron chi connectivity index (χ1n) is 6.85. The Kier molecular flexibility index (Phi) is 4.11. The summed E-state index contributed by atoms with van der Waals surface area (Å²) in [6, 6.07) is 11.8. The zero-order valence-electron chi connectivity index (χ0n) is 12.1. The van der Waals surface area contributed by atoms with E-state index in [1.165, 1.54) is 6.92 Å². The topological polar surface area (TPSA) is 62.0 Å². The lowest BCUT2D eigenvalue weighted by molar-refractivity contribution is -0.114. The third kappa shape index (κ3) is 3.09. The van der Waals surface area contributed by atoms with Gasteiger partial charge in [-0.1, -0.05) is 35.3 Å². The largest absolute Gasteiger partial charge is 0.350 e. The minimum atomic E-state index is -0.263. The van der Waals surface area contributed by atoms with Crippen molar-refractivity contribution in [3.8, 4) is 0 Å². The summed E-state index contributed by atoms with van der Waals surface area (Å²) in [5, 5.41) is 4.44. The Bertz CT molecular complexity index is 931. The summed E-state index contributed by atoms with van der Waals surface area (Å²) in [5.74, 6) is -0.524. The van der Waals surface area contributed by atoms with Crippen molar-refractivity contribution in [1.29, 1.82) is 0 Å². The number of H-pyrrole nitrogens is 1. The molecule has 1 heterocycles. The van der Waals surface area contributed by atoms with Crippen molar-refractivity contribution in [2.45, 2.75) is 6.92 Å². The van der Waals surface area contributed by atoms with Crippen LogP contribution in [-0.2, 0) is 4.79 Å². The molecule has 0 fully saturated rings. The van der Waals surface area contributed by atoms with Crippen LogP contribution < -0.4 is 5.32 Å². The number of anilines is 1. The molecule has 4 nitrogen and oxygen atoms in total. The van der Waals surface area contributed by atoms with Crippen LogP contribution in [0, 0.1) is 0 Å². The van der Waals surface area contributed by atoms with Gasteiger partial charge in [0, 0.05) is 33.4 Å². The van der Waals surface area contributed by atoms with Crippen LogP contribution in [0.2, 0.25) is 10.0 Å². The molecule has 3 aromatic rings. The second-order valence-corrected chi connectivity index (χ2v) is 5.96. The van der Waals surface area contributed by atoms with Crippen LogP contribution in [-0.4, -0.2) is 16.7 Å². The second kappa shape index (κ2) is 6.07. The molecule has 2 N–H and O–H groups in total. The van der Waals surface area contributed by atoms with Gasteiger partial charge in [-0.15, -0.1) is 0 Å². The lowest BCUT2D eigenvalue weighted by Crippen LogP contribution is -2.11. The van der Waals surface area contributed by atoms with E-state index in [2.05, 4.69) is 10.3 Å². The van der Waals surface area contributed by atoms with Crippen LogP contribution in [0.1, 0.15) is 23.0 Å². The van der Waals surface area contributed by atoms with Crippen LogP contribution in [0.5, 0.6) is 0 Å². The highest BCUT2D eigenvalue weighted by molar-refractivity contribution is 6.32. The molecule has 0 atom stereocenters. The minimum absolute atomic E-state index is 0.261. The van der Waals surface area contributed by atoms with E-state index in [1.807, 2.05) is 0 Å². The summed E-state index contributed by atoms with van der Waals surface area (Å²) >= 11 is 11.9. The van der Waals surface area contributed by atoms with E-state index < -0.39 is 0 Å². The van der Waals surface area contributed by atoms with Gasteiger partial charge < -0.3 is 10.3 Å². The molecule has 6 heteroatoms. The molecule has 0 saturated heterocycles. The van der Waals surface area contributed by atoms with E-state index >= 15 is 0 Å². The van der Waals surface area contributed by atoms with Gasteiger partial charge in [0.25, 0.3) is 0 Å². The SMILES string of the molecule is CC(=O)Nc1c(C(=O)c2cccc(Cl)c2)[nH]c2cc(Cl)ccc12. The summed E-state index contributed by atoms with van der Waals surface area (Å²) in [6.07, 6.45) is 0. The Balaban J connectivity index is 2.19. The van der Waals surface area contributed by atoms with E-state index in [-0.39, 0.29) is 11.7 Å². The van der Waals surface area contributed by atoms with Crippen LogP contribution in [0.25, 0.3) is 10.9 Å². The van der Waals surface area contributed by atoms with Crippen LogP contribution >= 0.6 is 23.2 Å². The molecular weight excluding hydrogens is 335 g/mol. The molecule has 0 saturated carbocycles. The molecule has 116 valence electrons. The van der Waals surface area contributed by atoms with Gasteiger partial charge in [0.05, 0.1) is 5.69 Å². The lowest BCUT2D eigenvalue weighted by Gasteiger charge is -2.05. The number of aromatic amines is 1. The van der Waals surface area contributed by atoms with Crippen molar-refractivity contribution in [2.75, 3.05) is 5.32 Å². The highest BCUT2D eigenvalue weighted by atomic mass is 35.5. The number of amides is 1. The van der Waals surface area contributed by atoms with Gasteiger partial charge in [0.2, 0.25) is 11.7 Å². The zero-order chi connectivity index (χ0) is 16.6. The van der Waals surface area contributed by atoms with Crippen molar-refractivity contribution < 1.29 is 9.59 Å². The van der Waals surface area contributed by atoms with E-state index in [4.69, 9.17) is 23.2 Å². The molecule has 2 aromatic carbocycles. The maximum atomic E-state index is 12.8. The first-order chi connectivity index (χ1) is 11.0. The Labute approximate surface area is 142 Å². The average Bonchev–Trinajstić information content (AvgIpc) is 2.83. The van der Waals surface area contributed by atoms with Gasteiger partial charge in [0.15, 0.2) is 0 Å². The number of rotatable bonds is 3. The fourth-order valence-corrected chi connectivity index (χ4v) is 2.78. The van der Waals surface area contributed by atoms with Crippen molar-refractivity contribution in [2.24, 2.45) is 0 Å². The number of carbonyl (C=O) groups excluding carboxylic acids is 2. The first-order valence-corrected chi connectivity index (χ1v) is 7.60. The number of hydrogen-bond acceptors (Lipinski definition) is 2. The number of carbonyl (C=O) groups is 2. The minimum Gasteiger partial charge on any atom is -0.350 e. The summed E-state index contributed by atoms with van der Waals surface area (Å²) < 4.78 is 0. The summed E-state index contributed by atoms with van der Waals surface area (Å²) in [5.41, 5.74) is 1.84. The first kappa shape index (κ1) is 15.6. The number of nitrogens with one attached hydrogen (secondary N) is 2. The Morgan fingerprint density at radius 3 is 2.48 bits per heavy atom. The molecule has 0 aliphatic heterocycles. The van der Waals surface area contributed by atoms with Gasteiger partial charge >= 0.3 is 0 Å². The number of ketones is 1. The molecule has 3 rings (SSSR count). The lowest BCUT2D eigenvalue weighted by atomic mass is 10.1. The summed E-state index contributed by atoms with van der Waals surface area (Å²) in [4.78, 5) is 27.3. The molecule has 1 amide bonds. The molecular formula is C17H12Cl2N2O2. The van der Waals surface area contributed by atoms with Crippen molar-refractivity contribution >= 4 is 51.5 Å². The smallest absolute Gasteiger partial charge is 0.221 e. The fourth-order valence-electron chi connectivity index (χ4n) is 2.42. The standard InChI is InChI=1S/C17H12Cl2N2O2/c1-9(22)20-15-13-6-5-12(19)8-14(13)21-16(15)17(23)10-3-2-4-11(18)7-10/h2-8,21H,1H3,(H,20,22). The molecule has 23 heavy (non-hydrogen) atoms. The third-order valence-electron chi connectivity index (χ3n) is 3.38. The average molecular weight is 347 g/mol. The predicted molar refractivity (Wildman–Crippen MR) is 92.5 cm³/mol. The van der Waals surface area contributed by atoms with Crippen molar-refractivity contribution in [1.82, 2.24) is 4.98 Å². The number of hydrogen-bond donors (Lipinski definition) is 2. The van der Waals surface area contributed by atoms with Crippen molar-refractivity contribution in [3.63, 3.8) is 0 Å². The maximum Gasteiger partial charge on any atom is 0.221 e. The van der Waals surface area contributed by atoms with E-state index in [0.29, 0.717) is 32.5 Å². The van der Waals surface area contributed by atoms with Gasteiger partial charge in [-0.25, -0.2) is 0 Å². The molecule has 0 unspecified atom stereocenters. The highest BCUT2D eigenvalue weighted by Gasteiger charge is 2.20. The van der Waals surface area contributed by atoms with E-state index in [0.717, 1.165) is 5.39 Å². The number of aromatic nitrogens is 1. The van der Waals surface area contributed by atoms with Crippen LogP contribution in [0.15, 0.2) is 42.5 Å². The number of halogens is 2. The molecule has 0 radical (unpaired) electrons. The second-order valence-electron chi connectivity index (χ2n) is 5.09. The summed E-state index contributed by atoms with van der Waals surface area (Å²) in [7, 11) is 0. The maximum absolute atomic E-state index is 12.8. The Morgan fingerprint density at radius 1 is 1.04 bits per heavy atom. The van der Waals surface area contributed by atoms with Gasteiger partial charge in [0.1, 0.15) is 5.69 Å². The third-order valence-corrected chi connectivity index (χ3v) is 3.85. The predicted octanol–water partition coefficient (Wildman–Crippen LogP) is 4.66. The Hall–Kier alpha value is -2.30. The highest BCUT2D eigenvalue weighted by Crippen LogP contribution is 2.31. The normalized spacial score (nSPS) is 10.7. The van der Waals surface area contributed by atoms with Gasteiger partial charge in [-0.05, 0) is 30.3 Å². The Morgan fingerprint density at radius 2 is 1.78 bits per heavy atom.